The van der Waals surface area contributed by atoms with Crippen molar-refractivity contribution >= 4 is 11.6 Å². The molecule has 0 aromatic heterocycles. The van der Waals surface area contributed by atoms with Gasteiger partial charge in [-0.25, -0.2) is 4.39 Å². The van der Waals surface area contributed by atoms with E-state index >= 15 is 0 Å². The topological polar surface area (TPSA) is 35.2 Å². The standard InChI is InChI=1S/C16H17ClFNO/c1-10-6-5-9-14(15(10)18)20-16(11(2)19)12-7-3-4-8-13(12)17/h3-9,11,16H,19H2,1-2H3. The van der Waals surface area contributed by atoms with Crippen LogP contribution in [0.2, 0.25) is 5.02 Å². The molecule has 106 valence electrons. The van der Waals surface area contributed by atoms with Crippen molar-refractivity contribution in [2.24, 2.45) is 5.73 Å². The molecule has 0 aliphatic heterocycles. The van der Waals surface area contributed by atoms with Crippen LogP contribution in [0.1, 0.15) is 24.2 Å². The van der Waals surface area contributed by atoms with Crippen LogP contribution in [-0.2, 0) is 0 Å². The van der Waals surface area contributed by atoms with Gasteiger partial charge in [0.05, 0.1) is 0 Å². The number of rotatable bonds is 4. The molecule has 2 rings (SSSR count). The van der Waals surface area contributed by atoms with E-state index in [2.05, 4.69) is 0 Å². The SMILES string of the molecule is Cc1cccc(OC(c2ccccc2Cl)C(C)N)c1F. The summed E-state index contributed by atoms with van der Waals surface area (Å²) in [7, 11) is 0. The van der Waals surface area contributed by atoms with E-state index in [4.69, 9.17) is 22.1 Å². The van der Waals surface area contributed by atoms with Gasteiger partial charge in [-0.05, 0) is 31.5 Å². The largest absolute Gasteiger partial charge is 0.481 e. The summed E-state index contributed by atoms with van der Waals surface area (Å²) in [4.78, 5) is 0. The molecule has 2 aromatic carbocycles. The Morgan fingerprint density at radius 1 is 1.15 bits per heavy atom. The first-order valence-electron chi connectivity index (χ1n) is 6.42. The maximum absolute atomic E-state index is 14.0. The minimum absolute atomic E-state index is 0.187. The zero-order valence-corrected chi connectivity index (χ0v) is 12.2. The van der Waals surface area contributed by atoms with Crippen molar-refractivity contribution in [3.63, 3.8) is 0 Å². The predicted octanol–water partition coefficient (Wildman–Crippen LogP) is 4.25. The van der Waals surface area contributed by atoms with Gasteiger partial charge < -0.3 is 10.5 Å². The second-order valence-corrected chi connectivity index (χ2v) is 5.21. The summed E-state index contributed by atoms with van der Waals surface area (Å²) in [5, 5.41) is 0.558. The van der Waals surface area contributed by atoms with E-state index in [1.807, 2.05) is 25.1 Å². The molecule has 0 heterocycles. The van der Waals surface area contributed by atoms with Crippen LogP contribution in [0.3, 0.4) is 0 Å². The van der Waals surface area contributed by atoms with Crippen LogP contribution in [-0.4, -0.2) is 6.04 Å². The van der Waals surface area contributed by atoms with Crippen LogP contribution in [0.25, 0.3) is 0 Å². The zero-order valence-electron chi connectivity index (χ0n) is 11.4. The van der Waals surface area contributed by atoms with Crippen LogP contribution in [0.4, 0.5) is 4.39 Å². The summed E-state index contributed by atoms with van der Waals surface area (Å²) in [6, 6.07) is 12.0. The highest BCUT2D eigenvalue weighted by Crippen LogP contribution is 2.31. The minimum atomic E-state index is -0.500. The maximum atomic E-state index is 14.0. The Morgan fingerprint density at radius 2 is 1.85 bits per heavy atom. The monoisotopic (exact) mass is 293 g/mol. The van der Waals surface area contributed by atoms with Gasteiger partial charge in [0.15, 0.2) is 11.6 Å². The maximum Gasteiger partial charge on any atom is 0.167 e. The van der Waals surface area contributed by atoms with Gasteiger partial charge >= 0.3 is 0 Å². The van der Waals surface area contributed by atoms with E-state index in [1.165, 1.54) is 0 Å². The van der Waals surface area contributed by atoms with Crippen molar-refractivity contribution in [1.29, 1.82) is 0 Å². The molecule has 2 N–H and O–H groups in total. The highest BCUT2D eigenvalue weighted by atomic mass is 35.5. The molecule has 0 amide bonds. The molecule has 0 spiro atoms. The van der Waals surface area contributed by atoms with Crippen LogP contribution in [0, 0.1) is 12.7 Å². The molecular formula is C16H17ClFNO. The van der Waals surface area contributed by atoms with Crippen LogP contribution >= 0.6 is 11.6 Å². The molecular weight excluding hydrogens is 277 g/mol. The number of benzene rings is 2. The quantitative estimate of drug-likeness (QED) is 0.914. The molecule has 2 nitrogen and oxygen atoms in total. The van der Waals surface area contributed by atoms with E-state index in [0.717, 1.165) is 5.56 Å². The summed E-state index contributed by atoms with van der Waals surface area (Å²) in [6.45, 7) is 3.50. The van der Waals surface area contributed by atoms with Gasteiger partial charge in [0.1, 0.15) is 6.10 Å². The minimum Gasteiger partial charge on any atom is -0.481 e. The number of hydrogen-bond donors (Lipinski definition) is 1. The Labute approximate surface area is 123 Å². The smallest absolute Gasteiger partial charge is 0.167 e. The fraction of sp³-hybridized carbons (Fsp3) is 0.250. The Hall–Kier alpha value is -1.58. The van der Waals surface area contributed by atoms with E-state index in [0.29, 0.717) is 10.6 Å². The second-order valence-electron chi connectivity index (χ2n) is 4.81. The lowest BCUT2D eigenvalue weighted by atomic mass is 10.0. The predicted molar refractivity (Wildman–Crippen MR) is 79.6 cm³/mol. The molecule has 0 saturated carbocycles. The Bertz CT molecular complexity index is 601. The molecule has 4 heteroatoms. The van der Waals surface area contributed by atoms with Crippen molar-refractivity contribution < 1.29 is 9.13 Å². The molecule has 2 atom stereocenters. The molecule has 20 heavy (non-hydrogen) atoms. The molecule has 2 unspecified atom stereocenters. The summed E-state index contributed by atoms with van der Waals surface area (Å²) < 4.78 is 19.8. The van der Waals surface area contributed by atoms with E-state index < -0.39 is 6.10 Å². The van der Waals surface area contributed by atoms with Crippen molar-refractivity contribution in [2.45, 2.75) is 26.0 Å². The zero-order chi connectivity index (χ0) is 14.7. The fourth-order valence-electron chi connectivity index (χ4n) is 2.01. The van der Waals surface area contributed by atoms with Gasteiger partial charge in [-0.15, -0.1) is 0 Å². The third kappa shape index (κ3) is 3.11. The normalized spacial score (nSPS) is 13.8. The van der Waals surface area contributed by atoms with Crippen LogP contribution in [0.5, 0.6) is 5.75 Å². The Morgan fingerprint density at radius 3 is 2.50 bits per heavy atom. The van der Waals surface area contributed by atoms with Gasteiger partial charge in [0.2, 0.25) is 0 Å². The van der Waals surface area contributed by atoms with Gasteiger partial charge in [0.25, 0.3) is 0 Å². The lowest BCUT2D eigenvalue weighted by molar-refractivity contribution is 0.172. The van der Waals surface area contributed by atoms with Crippen molar-refractivity contribution in [1.82, 2.24) is 0 Å². The second kappa shape index (κ2) is 6.25. The van der Waals surface area contributed by atoms with Gasteiger partial charge in [-0.3, -0.25) is 0 Å². The van der Waals surface area contributed by atoms with E-state index in [9.17, 15) is 4.39 Å². The van der Waals surface area contributed by atoms with Gasteiger partial charge in [0, 0.05) is 16.6 Å². The van der Waals surface area contributed by atoms with Crippen molar-refractivity contribution in [3.8, 4) is 5.75 Å². The first kappa shape index (κ1) is 14.8. The van der Waals surface area contributed by atoms with Gasteiger partial charge in [-0.2, -0.15) is 0 Å². The highest BCUT2D eigenvalue weighted by Gasteiger charge is 2.22. The third-order valence-corrected chi connectivity index (χ3v) is 3.44. The Balaban J connectivity index is 2.36. The van der Waals surface area contributed by atoms with E-state index in [1.54, 1.807) is 31.2 Å². The number of halogens is 2. The number of aryl methyl sites for hydroxylation is 1. The third-order valence-electron chi connectivity index (χ3n) is 3.10. The average Bonchev–Trinajstić information content (AvgIpc) is 2.41. The highest BCUT2D eigenvalue weighted by molar-refractivity contribution is 6.31. The molecule has 0 aliphatic rings. The number of nitrogens with two attached hydrogens (primary N) is 1. The molecule has 0 saturated heterocycles. The molecule has 0 fully saturated rings. The average molecular weight is 294 g/mol. The summed E-state index contributed by atoms with van der Waals surface area (Å²) in [5.41, 5.74) is 7.25. The first-order valence-corrected chi connectivity index (χ1v) is 6.80. The van der Waals surface area contributed by atoms with Gasteiger partial charge in [-0.1, -0.05) is 41.9 Å². The summed E-state index contributed by atoms with van der Waals surface area (Å²) in [6.07, 6.45) is -0.500. The Kier molecular flexibility index (Phi) is 4.63. The summed E-state index contributed by atoms with van der Waals surface area (Å²) >= 11 is 6.17. The van der Waals surface area contributed by atoms with E-state index in [-0.39, 0.29) is 17.6 Å². The first-order chi connectivity index (χ1) is 9.50. The number of hydrogen-bond acceptors (Lipinski definition) is 2. The molecule has 2 aromatic rings. The van der Waals surface area contributed by atoms with Crippen LogP contribution in [0.15, 0.2) is 42.5 Å². The van der Waals surface area contributed by atoms with Crippen molar-refractivity contribution in [3.05, 3.63) is 64.4 Å². The van der Waals surface area contributed by atoms with Crippen LogP contribution < -0.4 is 10.5 Å². The number of ether oxygens (including phenoxy) is 1. The fourth-order valence-corrected chi connectivity index (χ4v) is 2.25. The molecule has 0 bridgehead atoms. The summed E-state index contributed by atoms with van der Waals surface area (Å²) in [5.74, 6) is -0.183. The lowest BCUT2D eigenvalue weighted by Crippen LogP contribution is -2.29. The lowest BCUT2D eigenvalue weighted by Gasteiger charge is -2.24. The van der Waals surface area contributed by atoms with Crippen molar-refractivity contribution in [2.75, 3.05) is 0 Å². The molecule has 0 radical (unpaired) electrons. The molecule has 0 aliphatic carbocycles.